The van der Waals surface area contributed by atoms with Crippen LogP contribution < -0.4 is 9.47 Å². The molecular weight excluding hydrogens is 535 g/mol. The second kappa shape index (κ2) is 16.2. The van der Waals surface area contributed by atoms with Gasteiger partial charge in [0.25, 0.3) is 0 Å². The number of benzene rings is 1. The number of methoxy groups -OCH3 is 2. The van der Waals surface area contributed by atoms with Gasteiger partial charge in [0, 0.05) is 45.6 Å². The fourth-order valence-electron chi connectivity index (χ4n) is 6.40. The first-order valence-electron chi connectivity index (χ1n) is 16.0. The summed E-state index contributed by atoms with van der Waals surface area (Å²) in [5.41, 5.74) is 1.23. The number of amides is 1. The third-order valence-corrected chi connectivity index (χ3v) is 9.25. The molecule has 10 heteroatoms. The van der Waals surface area contributed by atoms with E-state index in [4.69, 9.17) is 23.7 Å². The normalized spacial score (nSPS) is 22.3. The maximum Gasteiger partial charge on any atom is 0.410 e. The van der Waals surface area contributed by atoms with Gasteiger partial charge in [-0.1, -0.05) is 19.9 Å². The van der Waals surface area contributed by atoms with E-state index in [1.54, 1.807) is 14.2 Å². The van der Waals surface area contributed by atoms with Crippen molar-refractivity contribution in [3.8, 4) is 11.5 Å². The van der Waals surface area contributed by atoms with Gasteiger partial charge >= 0.3 is 13.1 Å². The van der Waals surface area contributed by atoms with E-state index in [0.29, 0.717) is 56.6 Å². The smallest absolute Gasteiger partial charge is 0.410 e. The lowest BCUT2D eigenvalue weighted by atomic mass is 9.78. The molecule has 0 unspecified atom stereocenters. The highest BCUT2D eigenvalue weighted by Gasteiger charge is 2.42. The molecule has 3 fully saturated rings. The second-order valence-corrected chi connectivity index (χ2v) is 12.8. The number of carbonyl (C=O) groups excluding carboxylic acids is 1. The minimum absolute atomic E-state index is 0.0514. The van der Waals surface area contributed by atoms with Crippen molar-refractivity contribution in [3.05, 3.63) is 23.8 Å². The average molecular weight is 589 g/mol. The number of rotatable bonds is 16. The van der Waals surface area contributed by atoms with E-state index in [0.717, 1.165) is 69.5 Å². The summed E-state index contributed by atoms with van der Waals surface area (Å²) in [5, 5.41) is 10.5. The summed E-state index contributed by atoms with van der Waals surface area (Å²) in [6.07, 6.45) is 6.20. The predicted molar refractivity (Wildman–Crippen MR) is 164 cm³/mol. The molecule has 1 aliphatic carbocycles. The predicted octanol–water partition coefficient (Wildman–Crippen LogP) is 4.75. The molecule has 0 aromatic heterocycles. The summed E-state index contributed by atoms with van der Waals surface area (Å²) in [6.45, 7) is 11.3. The van der Waals surface area contributed by atoms with Gasteiger partial charge in [-0.25, -0.2) is 4.79 Å². The van der Waals surface area contributed by atoms with Gasteiger partial charge in [-0.2, -0.15) is 0 Å². The Morgan fingerprint density at radius 3 is 2.48 bits per heavy atom. The van der Waals surface area contributed by atoms with Gasteiger partial charge in [0.1, 0.15) is 6.10 Å². The van der Waals surface area contributed by atoms with Crippen LogP contribution in [0.5, 0.6) is 11.5 Å². The SMILES string of the molecule is COCCCOc1cc(C[C@@H](C[C@@H]2CN(B(C)O)C[C@H]2CN(C(=O)OC2CCOCC2)C2CC2)C(C)C)ccc1OC. The van der Waals surface area contributed by atoms with Gasteiger partial charge < -0.3 is 38.4 Å². The maximum atomic E-state index is 13.3. The third-order valence-electron chi connectivity index (χ3n) is 9.25. The van der Waals surface area contributed by atoms with Crippen molar-refractivity contribution in [2.45, 2.75) is 77.8 Å². The van der Waals surface area contributed by atoms with Gasteiger partial charge in [-0.3, -0.25) is 0 Å². The molecule has 0 bridgehead atoms. The van der Waals surface area contributed by atoms with Crippen molar-refractivity contribution in [2.75, 3.05) is 60.3 Å². The molecule has 2 saturated heterocycles. The minimum Gasteiger partial charge on any atom is -0.493 e. The van der Waals surface area contributed by atoms with Crippen LogP contribution in [0.2, 0.25) is 6.82 Å². The molecule has 1 saturated carbocycles. The number of ether oxygens (including phenoxy) is 5. The van der Waals surface area contributed by atoms with Crippen molar-refractivity contribution in [1.29, 1.82) is 0 Å². The van der Waals surface area contributed by atoms with Gasteiger partial charge in [0.05, 0.1) is 26.9 Å². The summed E-state index contributed by atoms with van der Waals surface area (Å²) >= 11 is 0. The average Bonchev–Trinajstić information content (AvgIpc) is 3.74. The maximum absolute atomic E-state index is 13.3. The highest BCUT2D eigenvalue weighted by atomic mass is 16.6. The molecule has 1 aromatic rings. The number of hydrogen-bond donors (Lipinski definition) is 1. The Kier molecular flexibility index (Phi) is 12.7. The Morgan fingerprint density at radius 1 is 1.10 bits per heavy atom. The Bertz CT molecular complexity index is 970. The lowest BCUT2D eigenvalue weighted by Crippen LogP contribution is -2.42. The fourth-order valence-corrected chi connectivity index (χ4v) is 6.40. The first kappa shape index (κ1) is 32.9. The zero-order valence-corrected chi connectivity index (χ0v) is 26.5. The van der Waals surface area contributed by atoms with Crippen LogP contribution in [0.1, 0.15) is 57.9 Å². The molecule has 2 heterocycles. The Labute approximate surface area is 253 Å². The molecule has 2 aliphatic heterocycles. The Hall–Kier alpha value is -2.01. The van der Waals surface area contributed by atoms with Gasteiger partial charge in [0.15, 0.2) is 11.5 Å². The van der Waals surface area contributed by atoms with Gasteiger partial charge in [0.2, 0.25) is 0 Å². The fraction of sp³-hybridized carbons (Fsp3) is 0.781. The standard InChI is InChI=1S/C32H53BN2O7/c1-23(2)25(17-24-7-10-30(39-5)31(18-24)41-14-6-13-38-4)19-26-20-34(33(3)37)21-27(26)22-35(28-8-9-28)32(36)42-29-11-15-40-16-12-29/h7,10,18,23,25-29,37H,6,8-9,11-17,19-22H2,1-5H3/t25-,26+,27-/m0/s1. The first-order valence-corrected chi connectivity index (χ1v) is 16.0. The van der Waals surface area contributed by atoms with E-state index in [1.807, 2.05) is 17.8 Å². The second-order valence-electron chi connectivity index (χ2n) is 12.8. The number of nitrogens with zero attached hydrogens (tertiary/aromatic N) is 2. The molecule has 4 rings (SSSR count). The monoisotopic (exact) mass is 588 g/mol. The molecule has 9 nitrogen and oxygen atoms in total. The summed E-state index contributed by atoms with van der Waals surface area (Å²) in [6, 6.07) is 6.55. The summed E-state index contributed by atoms with van der Waals surface area (Å²) in [5.74, 6) is 3.12. The van der Waals surface area contributed by atoms with Crippen LogP contribution in [0.4, 0.5) is 4.79 Å². The van der Waals surface area contributed by atoms with Crippen LogP contribution in [-0.2, 0) is 20.6 Å². The third kappa shape index (κ3) is 9.50. The number of carbonyl (C=O) groups is 1. The molecule has 1 aromatic carbocycles. The lowest BCUT2D eigenvalue weighted by molar-refractivity contribution is -0.0127. The van der Waals surface area contributed by atoms with E-state index in [9.17, 15) is 9.82 Å². The summed E-state index contributed by atoms with van der Waals surface area (Å²) < 4.78 is 28.2. The Morgan fingerprint density at radius 2 is 1.83 bits per heavy atom. The van der Waals surface area contributed by atoms with Crippen molar-refractivity contribution in [2.24, 2.45) is 23.7 Å². The van der Waals surface area contributed by atoms with Crippen LogP contribution in [0.25, 0.3) is 0 Å². The van der Waals surface area contributed by atoms with E-state index in [1.165, 1.54) is 5.56 Å². The molecule has 3 aliphatic rings. The molecule has 0 spiro atoms. The quantitative estimate of drug-likeness (QED) is 0.219. The van der Waals surface area contributed by atoms with E-state index < -0.39 is 7.05 Å². The topological polar surface area (TPSA) is 89.9 Å². The van der Waals surface area contributed by atoms with E-state index in [-0.39, 0.29) is 18.2 Å². The van der Waals surface area contributed by atoms with Crippen molar-refractivity contribution in [1.82, 2.24) is 9.71 Å². The molecule has 3 atom stereocenters. The zero-order chi connectivity index (χ0) is 30.1. The van der Waals surface area contributed by atoms with Crippen LogP contribution in [0.3, 0.4) is 0 Å². The Balaban J connectivity index is 1.43. The largest absolute Gasteiger partial charge is 0.493 e. The molecule has 236 valence electrons. The molecule has 0 radical (unpaired) electrons. The van der Waals surface area contributed by atoms with E-state index in [2.05, 4.69) is 30.8 Å². The summed E-state index contributed by atoms with van der Waals surface area (Å²) in [7, 11) is 2.87. The lowest BCUT2D eigenvalue weighted by Gasteiger charge is -2.32. The van der Waals surface area contributed by atoms with E-state index >= 15 is 0 Å². The zero-order valence-electron chi connectivity index (χ0n) is 26.5. The number of hydrogen-bond acceptors (Lipinski definition) is 8. The highest BCUT2D eigenvalue weighted by molar-refractivity contribution is 6.45. The highest BCUT2D eigenvalue weighted by Crippen LogP contribution is 2.38. The van der Waals surface area contributed by atoms with Crippen LogP contribution in [0, 0.1) is 23.7 Å². The van der Waals surface area contributed by atoms with Crippen LogP contribution in [-0.4, -0.2) is 100 Å². The first-order chi connectivity index (χ1) is 20.3. The molecular formula is C32H53BN2O7. The van der Waals surface area contributed by atoms with Gasteiger partial charge in [-0.05, 0) is 87.0 Å². The van der Waals surface area contributed by atoms with Crippen molar-refractivity contribution in [3.63, 3.8) is 0 Å². The minimum atomic E-state index is -0.502. The molecule has 42 heavy (non-hydrogen) atoms. The van der Waals surface area contributed by atoms with Crippen molar-refractivity contribution >= 4 is 13.1 Å². The van der Waals surface area contributed by atoms with Crippen molar-refractivity contribution < 1.29 is 33.5 Å². The van der Waals surface area contributed by atoms with Gasteiger partial charge in [-0.15, -0.1) is 0 Å². The molecule has 1 N–H and O–H groups in total. The van der Waals surface area contributed by atoms with Crippen LogP contribution >= 0.6 is 0 Å². The molecule has 1 amide bonds. The summed E-state index contributed by atoms with van der Waals surface area (Å²) in [4.78, 5) is 17.5. The van der Waals surface area contributed by atoms with Crippen LogP contribution in [0.15, 0.2) is 18.2 Å².